The van der Waals surface area contributed by atoms with Crippen molar-refractivity contribution >= 4 is 29.3 Å². The second-order valence-electron chi connectivity index (χ2n) is 7.39. The van der Waals surface area contributed by atoms with Gasteiger partial charge in [-0.05, 0) is 61.8 Å². The molecule has 3 fully saturated rings. The van der Waals surface area contributed by atoms with Gasteiger partial charge in [0, 0.05) is 23.0 Å². The number of hydrogen-bond acceptors (Lipinski definition) is 2. The summed E-state index contributed by atoms with van der Waals surface area (Å²) in [5.74, 6) is 2.03. The highest BCUT2D eigenvalue weighted by Gasteiger charge is 2.53. The molecule has 4 rings (SSSR count). The number of carbonyl (C=O) groups is 1. The molecule has 2 aliphatic carbocycles. The molecule has 23 heavy (non-hydrogen) atoms. The minimum atomic E-state index is -0.185. The molecule has 2 saturated carbocycles. The average molecular weight is 350 g/mol. The molecular formula is C19H24ClNOS. The van der Waals surface area contributed by atoms with Crippen LogP contribution in [0.5, 0.6) is 0 Å². The number of nitrogens with zero attached hydrogens (tertiary/aromatic N) is 1. The van der Waals surface area contributed by atoms with E-state index in [0.717, 1.165) is 47.7 Å². The molecule has 1 heterocycles. The number of carbonyl (C=O) groups excluding carboxylic acids is 1. The van der Waals surface area contributed by atoms with Crippen molar-refractivity contribution in [3.8, 4) is 0 Å². The predicted octanol–water partition coefficient (Wildman–Crippen LogP) is 5.00. The van der Waals surface area contributed by atoms with E-state index in [-0.39, 0.29) is 4.75 Å². The van der Waals surface area contributed by atoms with Gasteiger partial charge >= 0.3 is 0 Å². The van der Waals surface area contributed by atoms with E-state index in [1.807, 2.05) is 24.3 Å². The zero-order chi connectivity index (χ0) is 15.9. The molecule has 1 aliphatic heterocycles. The lowest BCUT2D eigenvalue weighted by Gasteiger charge is -2.42. The minimum Gasteiger partial charge on any atom is -0.341 e. The van der Waals surface area contributed by atoms with Gasteiger partial charge in [-0.3, -0.25) is 4.79 Å². The lowest BCUT2D eigenvalue weighted by Crippen LogP contribution is -2.48. The van der Waals surface area contributed by atoms with Crippen LogP contribution in [0.1, 0.15) is 44.9 Å². The van der Waals surface area contributed by atoms with Crippen molar-refractivity contribution in [2.45, 2.75) is 54.6 Å². The Morgan fingerprint density at radius 1 is 1.09 bits per heavy atom. The Hall–Kier alpha value is -0.670. The van der Waals surface area contributed by atoms with E-state index >= 15 is 0 Å². The second-order valence-corrected chi connectivity index (χ2v) is 9.29. The molecule has 0 radical (unpaired) electrons. The van der Waals surface area contributed by atoms with Crippen LogP contribution < -0.4 is 0 Å². The zero-order valence-corrected chi connectivity index (χ0v) is 15.0. The van der Waals surface area contributed by atoms with E-state index in [9.17, 15) is 4.79 Å². The summed E-state index contributed by atoms with van der Waals surface area (Å²) in [5, 5.41) is 0.755. The first-order valence-corrected chi connectivity index (χ1v) is 10.1. The van der Waals surface area contributed by atoms with Gasteiger partial charge in [0.25, 0.3) is 0 Å². The maximum Gasteiger partial charge on any atom is 0.239 e. The summed E-state index contributed by atoms with van der Waals surface area (Å²) in [6.45, 7) is 1.98. The number of likely N-dealkylation sites (tertiary alicyclic amines) is 1. The van der Waals surface area contributed by atoms with Crippen LogP contribution in [0, 0.1) is 11.8 Å². The van der Waals surface area contributed by atoms with Crippen molar-refractivity contribution in [2.75, 3.05) is 13.1 Å². The van der Waals surface area contributed by atoms with Crippen molar-refractivity contribution in [3.05, 3.63) is 29.3 Å². The van der Waals surface area contributed by atoms with Gasteiger partial charge in [0.1, 0.15) is 0 Å². The van der Waals surface area contributed by atoms with Crippen LogP contribution in [0.2, 0.25) is 5.02 Å². The zero-order valence-electron chi connectivity index (χ0n) is 13.5. The van der Waals surface area contributed by atoms with Crippen LogP contribution in [0.25, 0.3) is 0 Å². The number of piperidine rings is 1. The van der Waals surface area contributed by atoms with Gasteiger partial charge in [-0.25, -0.2) is 0 Å². The number of rotatable bonds is 3. The van der Waals surface area contributed by atoms with Crippen LogP contribution in [0.3, 0.4) is 0 Å². The van der Waals surface area contributed by atoms with Crippen LogP contribution in [-0.2, 0) is 4.79 Å². The van der Waals surface area contributed by atoms with Crippen molar-refractivity contribution in [1.82, 2.24) is 4.90 Å². The second kappa shape index (κ2) is 6.33. The van der Waals surface area contributed by atoms with Gasteiger partial charge < -0.3 is 4.90 Å². The normalized spacial score (nSPS) is 29.0. The van der Waals surface area contributed by atoms with E-state index in [2.05, 4.69) is 4.90 Å². The van der Waals surface area contributed by atoms with Gasteiger partial charge in [0.2, 0.25) is 5.91 Å². The highest BCUT2D eigenvalue weighted by Crippen LogP contribution is 2.53. The third-order valence-electron chi connectivity index (χ3n) is 5.80. The quantitative estimate of drug-likeness (QED) is 0.765. The standard InChI is InChI=1S/C19H24ClNOS/c20-16-5-7-17(8-6-16)23-19(10-11-19)18(22)21-12-9-14-3-1-2-4-15(14)13-21/h5-8,14-15H,1-4,9-13H2. The van der Waals surface area contributed by atoms with Crippen LogP contribution in [0.15, 0.2) is 29.2 Å². The van der Waals surface area contributed by atoms with E-state index in [4.69, 9.17) is 11.6 Å². The lowest BCUT2D eigenvalue weighted by molar-refractivity contribution is -0.134. The molecule has 0 N–H and O–H groups in total. The van der Waals surface area contributed by atoms with Crippen molar-refractivity contribution in [3.63, 3.8) is 0 Å². The molecule has 1 aromatic rings. The Morgan fingerprint density at radius 2 is 1.78 bits per heavy atom. The SMILES string of the molecule is O=C(N1CCC2CCCCC2C1)C1(Sc2ccc(Cl)cc2)CC1. The fourth-order valence-electron chi connectivity index (χ4n) is 4.27. The molecule has 1 aromatic carbocycles. The monoisotopic (exact) mass is 349 g/mol. The van der Waals surface area contributed by atoms with Crippen molar-refractivity contribution < 1.29 is 4.79 Å². The number of hydrogen-bond donors (Lipinski definition) is 0. The van der Waals surface area contributed by atoms with E-state index < -0.39 is 0 Å². The average Bonchev–Trinajstić information content (AvgIpc) is 3.36. The summed E-state index contributed by atoms with van der Waals surface area (Å²) in [7, 11) is 0. The fourth-order valence-corrected chi connectivity index (χ4v) is 5.65. The van der Waals surface area contributed by atoms with Gasteiger partial charge in [-0.2, -0.15) is 0 Å². The molecule has 2 atom stereocenters. The summed E-state index contributed by atoms with van der Waals surface area (Å²) in [6.07, 6.45) is 8.72. The molecular weight excluding hydrogens is 326 g/mol. The number of thioether (sulfide) groups is 1. The summed E-state index contributed by atoms with van der Waals surface area (Å²) in [4.78, 5) is 16.5. The molecule has 2 nitrogen and oxygen atoms in total. The maximum atomic E-state index is 13.1. The van der Waals surface area contributed by atoms with E-state index in [1.54, 1.807) is 11.8 Å². The number of benzene rings is 1. The van der Waals surface area contributed by atoms with Crippen molar-refractivity contribution in [2.24, 2.45) is 11.8 Å². The largest absolute Gasteiger partial charge is 0.341 e. The van der Waals surface area contributed by atoms with Crippen LogP contribution in [0.4, 0.5) is 0 Å². The molecule has 0 spiro atoms. The molecule has 1 amide bonds. The van der Waals surface area contributed by atoms with E-state index in [0.29, 0.717) is 5.91 Å². The number of amides is 1. The smallest absolute Gasteiger partial charge is 0.239 e. The van der Waals surface area contributed by atoms with Gasteiger partial charge in [0.05, 0.1) is 4.75 Å². The summed E-state index contributed by atoms with van der Waals surface area (Å²) in [5.41, 5.74) is 0. The molecule has 124 valence electrons. The van der Waals surface area contributed by atoms with Gasteiger partial charge in [0.15, 0.2) is 0 Å². The molecule has 0 bridgehead atoms. The van der Waals surface area contributed by atoms with Gasteiger partial charge in [-0.1, -0.05) is 30.9 Å². The Kier molecular flexibility index (Phi) is 4.36. The van der Waals surface area contributed by atoms with Crippen LogP contribution >= 0.6 is 23.4 Å². The summed E-state index contributed by atoms with van der Waals surface area (Å²) in [6, 6.07) is 7.90. The molecule has 0 aromatic heterocycles. The highest BCUT2D eigenvalue weighted by molar-refractivity contribution is 8.01. The first-order chi connectivity index (χ1) is 11.2. The lowest BCUT2D eigenvalue weighted by atomic mass is 9.75. The molecule has 1 saturated heterocycles. The molecule has 4 heteroatoms. The first-order valence-electron chi connectivity index (χ1n) is 8.90. The van der Waals surface area contributed by atoms with Crippen LogP contribution in [-0.4, -0.2) is 28.6 Å². The fraction of sp³-hybridized carbons (Fsp3) is 0.632. The Balaban J connectivity index is 1.42. The topological polar surface area (TPSA) is 20.3 Å². The summed E-state index contributed by atoms with van der Waals surface area (Å²) < 4.78 is -0.185. The first kappa shape index (κ1) is 15.8. The highest BCUT2D eigenvalue weighted by atomic mass is 35.5. The minimum absolute atomic E-state index is 0.185. The summed E-state index contributed by atoms with van der Waals surface area (Å²) >= 11 is 7.71. The third kappa shape index (κ3) is 3.28. The Morgan fingerprint density at radius 3 is 2.48 bits per heavy atom. The number of halogens is 1. The van der Waals surface area contributed by atoms with E-state index in [1.165, 1.54) is 32.1 Å². The Bertz CT molecular complexity index is 584. The third-order valence-corrected chi connectivity index (χ3v) is 7.53. The van der Waals surface area contributed by atoms with Crippen molar-refractivity contribution in [1.29, 1.82) is 0 Å². The van der Waals surface area contributed by atoms with Gasteiger partial charge in [-0.15, -0.1) is 11.8 Å². The number of fused-ring (bicyclic) bond motifs is 1. The molecule has 3 aliphatic rings. The molecule has 2 unspecified atom stereocenters. The predicted molar refractivity (Wildman–Crippen MR) is 95.9 cm³/mol. The maximum absolute atomic E-state index is 13.1. The Labute approximate surface area is 148 Å².